The van der Waals surface area contributed by atoms with Gasteiger partial charge in [0.1, 0.15) is 5.75 Å². The fourth-order valence-electron chi connectivity index (χ4n) is 1.32. The molecule has 13 heavy (non-hydrogen) atoms. The SMILES string of the molecule is CCc1cccc(Br)c1OC1CC1. The van der Waals surface area contributed by atoms with E-state index in [2.05, 4.69) is 35.0 Å². The second-order valence-corrected chi connectivity index (χ2v) is 4.25. The number of halogens is 1. The summed E-state index contributed by atoms with van der Waals surface area (Å²) in [7, 11) is 0. The van der Waals surface area contributed by atoms with Crippen molar-refractivity contribution in [3.05, 3.63) is 28.2 Å². The van der Waals surface area contributed by atoms with Crippen molar-refractivity contribution in [2.24, 2.45) is 0 Å². The lowest BCUT2D eigenvalue weighted by Crippen LogP contribution is -1.99. The molecule has 0 unspecified atom stereocenters. The molecule has 0 aromatic heterocycles. The Kier molecular flexibility index (Phi) is 2.58. The average molecular weight is 241 g/mol. The number of hydrogen-bond acceptors (Lipinski definition) is 1. The maximum atomic E-state index is 5.83. The van der Waals surface area contributed by atoms with E-state index < -0.39 is 0 Å². The molecule has 2 heteroatoms. The molecule has 0 spiro atoms. The highest BCUT2D eigenvalue weighted by Crippen LogP contribution is 2.34. The predicted molar refractivity (Wildman–Crippen MR) is 57.2 cm³/mol. The van der Waals surface area contributed by atoms with Crippen LogP contribution in [0, 0.1) is 0 Å². The van der Waals surface area contributed by atoms with Gasteiger partial charge in [-0.15, -0.1) is 0 Å². The lowest BCUT2D eigenvalue weighted by Gasteiger charge is -2.11. The van der Waals surface area contributed by atoms with Gasteiger partial charge in [0.25, 0.3) is 0 Å². The molecular formula is C11H13BrO. The molecule has 0 heterocycles. The summed E-state index contributed by atoms with van der Waals surface area (Å²) in [5.41, 5.74) is 1.29. The van der Waals surface area contributed by atoms with Crippen LogP contribution < -0.4 is 4.74 Å². The standard InChI is InChI=1S/C11H13BrO/c1-2-8-4-3-5-10(12)11(8)13-9-6-7-9/h3-5,9H,2,6-7H2,1H3. The minimum atomic E-state index is 0.476. The van der Waals surface area contributed by atoms with Crippen molar-refractivity contribution in [3.63, 3.8) is 0 Å². The molecule has 1 aromatic carbocycles. The van der Waals surface area contributed by atoms with Gasteiger partial charge in [-0.1, -0.05) is 19.1 Å². The highest BCUT2D eigenvalue weighted by Gasteiger charge is 2.25. The van der Waals surface area contributed by atoms with Gasteiger partial charge in [0.05, 0.1) is 10.6 Å². The van der Waals surface area contributed by atoms with E-state index in [4.69, 9.17) is 4.74 Å². The molecule has 0 N–H and O–H groups in total. The first kappa shape index (κ1) is 9.07. The summed E-state index contributed by atoms with van der Waals surface area (Å²) in [5.74, 6) is 1.05. The largest absolute Gasteiger partial charge is 0.489 e. The minimum absolute atomic E-state index is 0.476. The molecule has 0 bridgehead atoms. The Morgan fingerprint density at radius 2 is 2.23 bits per heavy atom. The first-order chi connectivity index (χ1) is 6.31. The van der Waals surface area contributed by atoms with Gasteiger partial charge >= 0.3 is 0 Å². The van der Waals surface area contributed by atoms with Gasteiger partial charge in [0.2, 0.25) is 0 Å². The van der Waals surface area contributed by atoms with Crippen molar-refractivity contribution in [1.29, 1.82) is 0 Å². The topological polar surface area (TPSA) is 9.23 Å². The van der Waals surface area contributed by atoms with Crippen LogP contribution in [0.5, 0.6) is 5.75 Å². The second kappa shape index (κ2) is 3.70. The van der Waals surface area contributed by atoms with Gasteiger partial charge in [-0.3, -0.25) is 0 Å². The lowest BCUT2D eigenvalue weighted by molar-refractivity contribution is 0.298. The van der Waals surface area contributed by atoms with E-state index in [0.29, 0.717) is 6.10 Å². The van der Waals surface area contributed by atoms with Crippen LogP contribution in [-0.2, 0) is 6.42 Å². The summed E-state index contributed by atoms with van der Waals surface area (Å²) in [6.07, 6.45) is 3.93. The number of para-hydroxylation sites is 1. The normalized spacial score (nSPS) is 15.8. The maximum absolute atomic E-state index is 5.83. The Labute approximate surface area is 87.2 Å². The molecule has 0 saturated heterocycles. The highest BCUT2D eigenvalue weighted by atomic mass is 79.9. The molecule has 0 atom stereocenters. The number of aryl methyl sites for hydroxylation is 1. The zero-order valence-corrected chi connectivity index (χ0v) is 9.30. The van der Waals surface area contributed by atoms with E-state index in [-0.39, 0.29) is 0 Å². The highest BCUT2D eigenvalue weighted by molar-refractivity contribution is 9.10. The van der Waals surface area contributed by atoms with Crippen LogP contribution in [0.25, 0.3) is 0 Å². The van der Waals surface area contributed by atoms with Crippen LogP contribution in [-0.4, -0.2) is 6.10 Å². The molecule has 0 amide bonds. The van der Waals surface area contributed by atoms with Crippen LogP contribution in [0.3, 0.4) is 0 Å². The molecule has 2 rings (SSSR count). The first-order valence-electron chi connectivity index (χ1n) is 4.75. The zero-order valence-electron chi connectivity index (χ0n) is 7.72. The fraction of sp³-hybridized carbons (Fsp3) is 0.455. The van der Waals surface area contributed by atoms with E-state index in [0.717, 1.165) is 16.6 Å². The van der Waals surface area contributed by atoms with Gasteiger partial charge < -0.3 is 4.74 Å². The summed E-state index contributed by atoms with van der Waals surface area (Å²) >= 11 is 3.52. The van der Waals surface area contributed by atoms with Gasteiger partial charge in [-0.05, 0) is 46.8 Å². The van der Waals surface area contributed by atoms with Crippen molar-refractivity contribution in [2.75, 3.05) is 0 Å². The third kappa shape index (κ3) is 2.05. The van der Waals surface area contributed by atoms with Crippen LogP contribution >= 0.6 is 15.9 Å². The molecule has 0 radical (unpaired) electrons. The van der Waals surface area contributed by atoms with Crippen molar-refractivity contribution < 1.29 is 4.74 Å². The number of rotatable bonds is 3. The molecule has 1 nitrogen and oxygen atoms in total. The van der Waals surface area contributed by atoms with E-state index in [1.165, 1.54) is 18.4 Å². The average Bonchev–Trinajstić information content (AvgIpc) is 2.92. The number of ether oxygens (including phenoxy) is 1. The van der Waals surface area contributed by atoms with Crippen LogP contribution in [0.2, 0.25) is 0 Å². The summed E-state index contributed by atoms with van der Waals surface area (Å²) in [6, 6.07) is 6.22. The summed E-state index contributed by atoms with van der Waals surface area (Å²) in [5, 5.41) is 0. The summed E-state index contributed by atoms with van der Waals surface area (Å²) in [6.45, 7) is 2.15. The van der Waals surface area contributed by atoms with Crippen LogP contribution in [0.15, 0.2) is 22.7 Å². The quantitative estimate of drug-likeness (QED) is 0.786. The Hall–Kier alpha value is -0.500. The number of benzene rings is 1. The third-order valence-corrected chi connectivity index (χ3v) is 2.86. The lowest BCUT2D eigenvalue weighted by atomic mass is 10.1. The maximum Gasteiger partial charge on any atom is 0.137 e. The predicted octanol–water partition coefficient (Wildman–Crippen LogP) is 3.55. The van der Waals surface area contributed by atoms with E-state index >= 15 is 0 Å². The van der Waals surface area contributed by atoms with Crippen LogP contribution in [0.1, 0.15) is 25.3 Å². The molecular weight excluding hydrogens is 228 g/mol. The molecule has 1 aliphatic rings. The Morgan fingerprint density at radius 1 is 1.46 bits per heavy atom. The van der Waals surface area contributed by atoms with Crippen molar-refractivity contribution in [3.8, 4) is 5.75 Å². The zero-order chi connectivity index (χ0) is 9.26. The molecule has 0 aliphatic heterocycles. The Bertz CT molecular complexity index is 305. The molecule has 70 valence electrons. The van der Waals surface area contributed by atoms with Crippen molar-refractivity contribution >= 4 is 15.9 Å². The number of hydrogen-bond donors (Lipinski definition) is 0. The molecule has 1 fully saturated rings. The van der Waals surface area contributed by atoms with Crippen molar-refractivity contribution in [1.82, 2.24) is 0 Å². The molecule has 1 saturated carbocycles. The van der Waals surface area contributed by atoms with E-state index in [1.807, 2.05) is 6.07 Å². The van der Waals surface area contributed by atoms with Gasteiger partial charge in [0, 0.05) is 0 Å². The second-order valence-electron chi connectivity index (χ2n) is 3.40. The van der Waals surface area contributed by atoms with Gasteiger partial charge in [-0.2, -0.15) is 0 Å². The fourth-order valence-corrected chi connectivity index (χ4v) is 1.82. The third-order valence-electron chi connectivity index (χ3n) is 2.24. The van der Waals surface area contributed by atoms with E-state index in [9.17, 15) is 0 Å². The van der Waals surface area contributed by atoms with Gasteiger partial charge in [0.15, 0.2) is 0 Å². The van der Waals surface area contributed by atoms with Crippen LogP contribution in [0.4, 0.5) is 0 Å². The van der Waals surface area contributed by atoms with Gasteiger partial charge in [-0.25, -0.2) is 0 Å². The monoisotopic (exact) mass is 240 g/mol. The Balaban J connectivity index is 2.27. The molecule has 1 aromatic rings. The Morgan fingerprint density at radius 3 is 2.85 bits per heavy atom. The summed E-state index contributed by atoms with van der Waals surface area (Å²) < 4.78 is 6.91. The van der Waals surface area contributed by atoms with E-state index in [1.54, 1.807) is 0 Å². The summed E-state index contributed by atoms with van der Waals surface area (Å²) in [4.78, 5) is 0. The first-order valence-corrected chi connectivity index (χ1v) is 5.54. The van der Waals surface area contributed by atoms with Crippen molar-refractivity contribution in [2.45, 2.75) is 32.3 Å². The molecule has 1 aliphatic carbocycles. The smallest absolute Gasteiger partial charge is 0.137 e. The minimum Gasteiger partial charge on any atom is -0.489 e.